The van der Waals surface area contributed by atoms with Crippen LogP contribution in [0.15, 0.2) is 72.5 Å². The van der Waals surface area contributed by atoms with Gasteiger partial charge in [-0.2, -0.15) is 0 Å². The predicted octanol–water partition coefficient (Wildman–Crippen LogP) is 6.43. The van der Waals surface area contributed by atoms with Crippen LogP contribution in [0.25, 0.3) is 45.4 Å². The number of allylic oxidation sites excluding steroid dienone is 2. The molecule has 4 nitrogen and oxygen atoms in total. The third-order valence-corrected chi connectivity index (χ3v) is 5.68. The van der Waals surface area contributed by atoms with Gasteiger partial charge < -0.3 is 5.11 Å². The maximum atomic E-state index is 12.6. The van der Waals surface area contributed by atoms with Crippen LogP contribution in [-0.2, 0) is 24.9 Å². The van der Waals surface area contributed by atoms with Crippen molar-refractivity contribution in [3.05, 3.63) is 101 Å². The number of nitrogens with zero attached hydrogens (tertiary/aromatic N) is 1. The molecule has 1 N–H and O–H groups in total. The molecule has 1 aromatic heterocycles. The molecule has 0 saturated heterocycles. The van der Waals surface area contributed by atoms with Gasteiger partial charge in [0.15, 0.2) is 11.6 Å². The first-order valence-corrected chi connectivity index (χ1v) is 10.6. The molecule has 5 heteroatoms. The minimum atomic E-state index is -0.125. The van der Waals surface area contributed by atoms with E-state index in [1.54, 1.807) is 0 Å². The summed E-state index contributed by atoms with van der Waals surface area (Å²) in [6, 6.07) is 23.2. The van der Waals surface area contributed by atoms with Crippen LogP contribution in [0.5, 0.6) is 0 Å². The monoisotopic (exact) mass is 623 g/mol. The first-order valence-electron chi connectivity index (χ1n) is 10.6. The first-order chi connectivity index (χ1) is 15.9. The van der Waals surface area contributed by atoms with Crippen molar-refractivity contribution in [3.8, 4) is 22.4 Å². The number of aromatic nitrogens is 1. The van der Waals surface area contributed by atoms with E-state index in [2.05, 4.69) is 30.4 Å². The predicted molar refractivity (Wildman–Crippen MR) is 131 cm³/mol. The summed E-state index contributed by atoms with van der Waals surface area (Å²) < 4.78 is 0. The van der Waals surface area contributed by atoms with Crippen molar-refractivity contribution in [1.82, 2.24) is 4.98 Å². The normalized spacial score (nSPS) is 12.5. The van der Waals surface area contributed by atoms with Gasteiger partial charge in [-0.05, 0) is 42.3 Å². The Bertz CT molecular complexity index is 1530. The van der Waals surface area contributed by atoms with Gasteiger partial charge in [0, 0.05) is 37.1 Å². The molecule has 34 heavy (non-hydrogen) atoms. The third kappa shape index (κ3) is 4.16. The first kappa shape index (κ1) is 23.5. The number of hydrogen-bond acceptors (Lipinski definition) is 4. The molecular formula is C29H20IrNO3-. The summed E-state index contributed by atoms with van der Waals surface area (Å²) >= 11 is 0. The third-order valence-electron chi connectivity index (χ3n) is 5.68. The molecule has 6 rings (SSSR count). The second kappa shape index (κ2) is 9.30. The summed E-state index contributed by atoms with van der Waals surface area (Å²) in [6.45, 7) is 2.85. The van der Waals surface area contributed by atoms with Crippen LogP contribution in [0.4, 0.5) is 0 Å². The van der Waals surface area contributed by atoms with Crippen LogP contribution < -0.4 is 0 Å². The smallest absolute Gasteiger partial charge is 0.155 e. The summed E-state index contributed by atoms with van der Waals surface area (Å²) in [5.74, 6) is 0.0172. The fraction of sp³-hybridized carbons (Fsp3) is 0.0690. The number of carbonyl (C=O) groups is 2. The number of aliphatic hydroxyl groups excluding tert-OH is 1. The molecule has 2 aliphatic rings. The molecule has 3 aromatic carbocycles. The molecule has 0 saturated carbocycles. The molecule has 0 fully saturated rings. The fourth-order valence-corrected chi connectivity index (χ4v) is 4.34. The van der Waals surface area contributed by atoms with Gasteiger partial charge in [-0.3, -0.25) is 14.6 Å². The molecule has 0 aliphatic heterocycles. The summed E-state index contributed by atoms with van der Waals surface area (Å²) in [4.78, 5) is 27.4. The van der Waals surface area contributed by atoms with E-state index in [0.717, 1.165) is 39.0 Å². The topological polar surface area (TPSA) is 67.3 Å². The Morgan fingerprint density at radius 2 is 1.65 bits per heavy atom. The number of rotatable bonds is 2. The van der Waals surface area contributed by atoms with Crippen molar-refractivity contribution in [2.75, 3.05) is 0 Å². The molecule has 0 spiro atoms. The van der Waals surface area contributed by atoms with E-state index in [-0.39, 0.29) is 37.4 Å². The molecule has 2 aliphatic carbocycles. The largest absolute Gasteiger partial charge is 0.512 e. The molecule has 169 valence electrons. The van der Waals surface area contributed by atoms with Crippen molar-refractivity contribution < 1.29 is 34.8 Å². The van der Waals surface area contributed by atoms with E-state index >= 15 is 0 Å². The Labute approximate surface area is 211 Å². The Morgan fingerprint density at radius 1 is 0.912 bits per heavy atom. The van der Waals surface area contributed by atoms with Crippen LogP contribution in [-0.4, -0.2) is 21.7 Å². The number of hydrogen-bond donors (Lipinski definition) is 1. The average Bonchev–Trinajstić information content (AvgIpc) is 3.34. The molecule has 1 radical (unpaired) electrons. The SMILES string of the molecule is CC(=O)/C=C(/C)O.O=C1c2ccccc2-c2cc(-c3cc4c5c(cccc5n3)C=C4)[c-]cc21.[Ir]. The Morgan fingerprint density at radius 3 is 2.35 bits per heavy atom. The summed E-state index contributed by atoms with van der Waals surface area (Å²) in [6.07, 6.45) is 5.43. The van der Waals surface area contributed by atoms with Crippen molar-refractivity contribution in [3.63, 3.8) is 0 Å². The second-order valence-corrected chi connectivity index (χ2v) is 8.12. The number of ketones is 2. The second-order valence-electron chi connectivity index (χ2n) is 8.12. The van der Waals surface area contributed by atoms with Crippen LogP contribution in [0.2, 0.25) is 0 Å². The van der Waals surface area contributed by atoms with Gasteiger partial charge in [0.25, 0.3) is 0 Å². The zero-order chi connectivity index (χ0) is 23.1. The van der Waals surface area contributed by atoms with Gasteiger partial charge >= 0.3 is 0 Å². The Balaban J connectivity index is 0.000000303. The number of aliphatic hydroxyl groups is 1. The van der Waals surface area contributed by atoms with Crippen LogP contribution in [0.3, 0.4) is 0 Å². The average molecular weight is 623 g/mol. The maximum Gasteiger partial charge on any atom is 0.155 e. The van der Waals surface area contributed by atoms with E-state index < -0.39 is 0 Å². The minimum absolute atomic E-state index is 0. The van der Waals surface area contributed by atoms with E-state index in [1.165, 1.54) is 36.4 Å². The van der Waals surface area contributed by atoms with Crippen LogP contribution in [0.1, 0.15) is 40.9 Å². The van der Waals surface area contributed by atoms with Gasteiger partial charge in [-0.25, -0.2) is 0 Å². The van der Waals surface area contributed by atoms with E-state index in [9.17, 15) is 9.59 Å². The number of fused-ring (bicyclic) bond motifs is 3. The fourth-order valence-electron chi connectivity index (χ4n) is 4.34. The zero-order valence-electron chi connectivity index (χ0n) is 18.5. The number of carbonyl (C=O) groups excluding carboxylic acids is 2. The maximum absolute atomic E-state index is 12.6. The number of benzene rings is 3. The van der Waals surface area contributed by atoms with Crippen LogP contribution in [0, 0.1) is 6.07 Å². The molecule has 4 aromatic rings. The molecule has 0 unspecified atom stereocenters. The van der Waals surface area contributed by atoms with Crippen molar-refractivity contribution in [2.24, 2.45) is 0 Å². The van der Waals surface area contributed by atoms with Gasteiger partial charge in [0.1, 0.15) is 0 Å². The number of pyridine rings is 1. The van der Waals surface area contributed by atoms with Crippen molar-refractivity contribution >= 4 is 34.6 Å². The Kier molecular flexibility index (Phi) is 6.43. The van der Waals surface area contributed by atoms with Gasteiger partial charge in [-0.1, -0.05) is 65.7 Å². The van der Waals surface area contributed by atoms with Gasteiger partial charge in [-0.15, -0.1) is 23.8 Å². The molecule has 0 amide bonds. The summed E-state index contributed by atoms with van der Waals surface area (Å²) in [7, 11) is 0. The standard InChI is InChI=1S/C24H12NO.C5H8O2.Ir/c26-24-18-6-2-1-5-17(18)20-12-15(10-11-19(20)24)22-13-16-9-8-14-4-3-7-21(25-22)23(14)16;1-4(6)3-5(2)7;/h1-9,11-13H;3,6H,1-2H3;/q-1;;/b;4-3-;. The van der Waals surface area contributed by atoms with Gasteiger partial charge in [0.2, 0.25) is 0 Å². The van der Waals surface area contributed by atoms with Gasteiger partial charge in [0.05, 0.1) is 11.3 Å². The van der Waals surface area contributed by atoms with Crippen LogP contribution >= 0.6 is 0 Å². The molecule has 1 heterocycles. The quantitative estimate of drug-likeness (QED) is 0.137. The minimum Gasteiger partial charge on any atom is -0.512 e. The van der Waals surface area contributed by atoms with E-state index in [0.29, 0.717) is 0 Å². The summed E-state index contributed by atoms with van der Waals surface area (Å²) in [5.41, 5.74) is 8.66. The van der Waals surface area contributed by atoms with E-state index in [4.69, 9.17) is 10.1 Å². The molecule has 0 bridgehead atoms. The van der Waals surface area contributed by atoms with Crippen molar-refractivity contribution in [2.45, 2.75) is 13.8 Å². The zero-order valence-corrected chi connectivity index (χ0v) is 20.9. The molecular weight excluding hydrogens is 603 g/mol. The Hall–Kier alpha value is -3.66. The van der Waals surface area contributed by atoms with E-state index in [1.807, 2.05) is 48.5 Å². The van der Waals surface area contributed by atoms with Crippen molar-refractivity contribution in [1.29, 1.82) is 0 Å². The summed E-state index contributed by atoms with van der Waals surface area (Å²) in [5, 5.41) is 9.57. The molecule has 0 atom stereocenters.